The Morgan fingerprint density at radius 2 is 1.06 bits per heavy atom. The lowest BCUT2D eigenvalue weighted by molar-refractivity contribution is -0.198. The average molecular weight is 1720 g/mol. The molecule has 5 aliphatic rings. The highest BCUT2D eigenvalue weighted by atomic mass is 32.1. The highest BCUT2D eigenvalue weighted by Crippen LogP contribution is 2.42. The smallest absolute Gasteiger partial charge is 0.416 e. The fraction of sp³-hybridized carbons (Fsp3) is 0.284. The number of aliphatic imine (C=N–C) groups is 1. The molecule has 17 rings (SSSR count). The summed E-state index contributed by atoms with van der Waals surface area (Å²) >= 11 is 2.75. The van der Waals surface area contributed by atoms with Crippen LogP contribution in [0.15, 0.2) is 200 Å². The molecule has 0 aliphatic carbocycles. The van der Waals surface area contributed by atoms with Gasteiger partial charge in [-0.1, -0.05) is 97.6 Å². The minimum Gasteiger partial charge on any atom is -0.489 e. The number of hydrogen-bond acceptors (Lipinski definition) is 21. The summed E-state index contributed by atoms with van der Waals surface area (Å²) in [5, 5.41) is 12.6. The van der Waals surface area contributed by atoms with Crippen LogP contribution in [0.4, 0.5) is 39.2 Å². The molecule has 2 unspecified atom stereocenters. The van der Waals surface area contributed by atoms with E-state index in [1.54, 1.807) is 72.0 Å². The number of anilines is 5. The maximum absolute atomic E-state index is 14.3. The van der Waals surface area contributed by atoms with Gasteiger partial charge in [-0.3, -0.25) is 43.3 Å². The fourth-order valence-corrected chi connectivity index (χ4v) is 18.0. The van der Waals surface area contributed by atoms with E-state index in [-0.39, 0.29) is 122 Å². The molecule has 0 saturated carbocycles. The zero-order valence-corrected chi connectivity index (χ0v) is 71.1. The number of ketones is 2. The van der Waals surface area contributed by atoms with Crippen molar-refractivity contribution in [3.63, 3.8) is 0 Å². The Hall–Kier alpha value is -13.7. The topological polar surface area (TPSA) is 331 Å². The molecule has 9 heterocycles. The second-order valence-electron chi connectivity index (χ2n) is 31.4. The van der Waals surface area contributed by atoms with E-state index >= 15 is 0 Å². The number of aryl methyl sites for hydroxylation is 4. The lowest BCUT2D eigenvalue weighted by Gasteiger charge is -2.42. The molecule has 3 fully saturated rings. The maximum Gasteiger partial charge on any atom is 0.416 e. The molecule has 0 bridgehead atoms. The van der Waals surface area contributed by atoms with Gasteiger partial charge in [0, 0.05) is 87.0 Å². The lowest BCUT2D eigenvalue weighted by Crippen LogP contribution is -2.57. The van der Waals surface area contributed by atoms with E-state index in [0.29, 0.717) is 109 Å². The van der Waals surface area contributed by atoms with Crippen LogP contribution in [0.25, 0.3) is 20.4 Å². The van der Waals surface area contributed by atoms with Crippen LogP contribution in [-0.2, 0) is 76.8 Å². The number of hydrogen-bond donors (Lipinski definition) is 4. The monoisotopic (exact) mass is 1720 g/mol. The quantitative estimate of drug-likeness (QED) is 0.0289. The molecular weight excluding hydrogens is 1630 g/mol. The van der Waals surface area contributed by atoms with Crippen molar-refractivity contribution in [1.82, 2.24) is 38.9 Å². The first-order valence-corrected chi connectivity index (χ1v) is 43.3. The van der Waals surface area contributed by atoms with Crippen molar-refractivity contribution >= 4 is 137 Å². The van der Waals surface area contributed by atoms with Crippen LogP contribution >= 0.6 is 22.7 Å². The third-order valence-corrected chi connectivity index (χ3v) is 24.3. The standard InChI is InChI=1S/C52H53N7O9S.C43H39N7O5S/c1-4-22-66-52(64)59-40-28-42(32(2)24-37(40)50(63)58-21-10-8-17-39(58)51(59)68-47-18-9-11-23-65-47)67-31-34-14-12-13-33(25-34)26-45(61)55-44-30-57(3)48(56-44)41(60)29-46-54-38-27-35(19-20-43(38)69-46)49(62)53-36-15-6-5-7-16-36;1-26-17-32-33(44-23-31-13-6-7-16-50(31)43(32)54)21-36(26)55-25-28-10-8-9-27(18-28)19-39(52)47-38-24-49(2)41(48-38)35(51)22-40-46-34-20-29(14-15-37(34)56-40)42(53)45-30-11-4-3-5-12-30/h4-7,12-16,19-20,24-25,27-28,30,39,47,51H,1,8-11,17-18,21-23,26,29,31H2,2-3H3,(H,53,62)(H,55,61);3-5,8-12,14-15,17-18,20-21,23-24,31H,6-7,13,16,19,22,25H2,1-2H3,(H,45,53)(H,47,52)/t39-,47?,51?;31-/m00/s1. The number of imidazole rings is 2. The number of nitrogens with zero attached hydrogens (tertiary/aromatic N) is 10. The van der Waals surface area contributed by atoms with E-state index in [9.17, 15) is 43.2 Å². The first kappa shape index (κ1) is 84.9. The molecule has 0 spiro atoms. The van der Waals surface area contributed by atoms with Gasteiger partial charge >= 0.3 is 6.09 Å². The second kappa shape index (κ2) is 38.4. The van der Waals surface area contributed by atoms with Crippen molar-refractivity contribution in [2.24, 2.45) is 19.1 Å². The number of rotatable bonds is 26. The summed E-state index contributed by atoms with van der Waals surface area (Å²) in [5.74, 6) is 0.170. The lowest BCUT2D eigenvalue weighted by atomic mass is 10.00. The normalized spacial score (nSPS) is 16.5. The molecule has 0 radical (unpaired) electrons. The van der Waals surface area contributed by atoms with Crippen LogP contribution in [0.3, 0.4) is 0 Å². The van der Waals surface area contributed by atoms with Crippen LogP contribution in [0.5, 0.6) is 11.5 Å². The molecule has 125 heavy (non-hydrogen) atoms. The number of carbonyl (C=O) groups is 9. The maximum atomic E-state index is 14.3. The van der Waals surface area contributed by atoms with Gasteiger partial charge in [-0.2, -0.15) is 0 Å². The number of carbonyl (C=O) groups excluding carboxylic acids is 9. The van der Waals surface area contributed by atoms with Gasteiger partial charge in [0.25, 0.3) is 23.6 Å². The third-order valence-electron chi connectivity index (χ3n) is 22.2. The highest BCUT2D eigenvalue weighted by Gasteiger charge is 2.47. The molecule has 12 aromatic rings. The van der Waals surface area contributed by atoms with Crippen molar-refractivity contribution in [2.75, 3.05) is 52.5 Å². The molecular formula is C95H92N14O14S2. The Kier molecular flexibility index (Phi) is 26.1. The summed E-state index contributed by atoms with van der Waals surface area (Å²) in [6.45, 7) is 9.70. The molecule has 30 heteroatoms. The summed E-state index contributed by atoms with van der Waals surface area (Å²) in [5.41, 5.74) is 10.2. The molecule has 5 aliphatic heterocycles. The number of benzene rings is 8. The van der Waals surface area contributed by atoms with Crippen LogP contribution in [-0.4, -0.2) is 149 Å². The number of piperidine rings is 2. The van der Waals surface area contributed by atoms with Gasteiger partial charge in [-0.15, -0.1) is 22.7 Å². The SMILES string of the molecule is C=CCOC(=O)N1c2cc(OCc3cccc(CC(=O)Nc4cn(C)c(C(=O)Cc5nc6cc(C(=O)Nc7ccccc7)ccc6s5)n4)c3)c(C)cc2C(=O)N2CCCC[C@H]2C1OC1CCCCO1.Cc1cc2c(cc1OCc1cccc(CC(=O)Nc3cn(C)c(C(=O)Cc4nc5cc(C(=O)Nc6ccccc6)ccc5s4)n3)c1)N=C[C@@H]1CCCCN1C2=O. The van der Waals surface area contributed by atoms with Gasteiger partial charge in [-0.25, -0.2) is 29.6 Å². The van der Waals surface area contributed by atoms with E-state index in [2.05, 4.69) is 52.8 Å². The molecule has 4 N–H and O–H groups in total. The molecule has 8 aromatic carbocycles. The highest BCUT2D eigenvalue weighted by molar-refractivity contribution is 7.19. The summed E-state index contributed by atoms with van der Waals surface area (Å²) in [7, 11) is 3.39. The Labute approximate surface area is 728 Å². The van der Waals surface area contributed by atoms with Crippen molar-refractivity contribution < 1.29 is 66.8 Å². The number of thiazole rings is 2. The van der Waals surface area contributed by atoms with Gasteiger partial charge in [0.1, 0.15) is 41.3 Å². The number of fused-ring (bicyclic) bond motifs is 6. The fourth-order valence-electron chi connectivity index (χ4n) is 16.1. The summed E-state index contributed by atoms with van der Waals surface area (Å²) < 4.78 is 35.7. The molecule has 7 amide bonds. The van der Waals surface area contributed by atoms with Crippen molar-refractivity contribution in [1.29, 1.82) is 0 Å². The second-order valence-corrected chi connectivity index (χ2v) is 33.7. The van der Waals surface area contributed by atoms with Crippen molar-refractivity contribution in [3.8, 4) is 11.5 Å². The average Bonchev–Trinajstić information content (AvgIpc) is 1.62. The summed E-state index contributed by atoms with van der Waals surface area (Å²) in [6.07, 6.45) is 12.5. The predicted octanol–water partition coefficient (Wildman–Crippen LogP) is 16.3. The van der Waals surface area contributed by atoms with Gasteiger partial charge in [-0.05, 0) is 178 Å². The van der Waals surface area contributed by atoms with Gasteiger partial charge in [0.15, 0.2) is 35.8 Å². The van der Waals surface area contributed by atoms with Gasteiger partial charge in [0.2, 0.25) is 23.4 Å². The van der Waals surface area contributed by atoms with Gasteiger partial charge in [0.05, 0.1) is 80.7 Å². The molecule has 28 nitrogen and oxygen atoms in total. The minimum atomic E-state index is -0.866. The Bertz CT molecular complexity index is 6170. The number of Topliss-reactive ketones (excluding diaryl/α,β-unsaturated/α-hetero) is 2. The zero-order valence-electron chi connectivity index (χ0n) is 69.4. The van der Waals surface area contributed by atoms with Gasteiger partial charge < -0.3 is 63.9 Å². The number of aromatic nitrogens is 6. The number of ether oxygens (including phenoxy) is 5. The Balaban J connectivity index is 0.000000188. The third kappa shape index (κ3) is 20.2. The molecule has 4 atom stereocenters. The van der Waals surface area contributed by atoms with Crippen molar-refractivity contribution in [2.45, 2.75) is 135 Å². The Morgan fingerprint density at radius 1 is 0.536 bits per heavy atom. The first-order chi connectivity index (χ1) is 60.7. The van der Waals surface area contributed by atoms with E-state index in [0.717, 1.165) is 88.7 Å². The van der Waals surface area contributed by atoms with Crippen molar-refractivity contribution in [3.05, 3.63) is 272 Å². The number of amides is 7. The molecule has 638 valence electrons. The van der Waals surface area contributed by atoms with E-state index in [4.69, 9.17) is 23.7 Å². The molecule has 3 saturated heterocycles. The predicted molar refractivity (Wildman–Crippen MR) is 477 cm³/mol. The van der Waals surface area contributed by atoms with E-state index < -0.39 is 24.7 Å². The summed E-state index contributed by atoms with van der Waals surface area (Å²) in [6, 6.07) is 50.8. The van der Waals surface area contributed by atoms with Crippen LogP contribution in [0, 0.1) is 13.8 Å². The summed E-state index contributed by atoms with van der Waals surface area (Å²) in [4.78, 5) is 149. The number of para-hydroxylation sites is 2. The number of nitrogens with one attached hydrogen (secondary N) is 4. The van der Waals surface area contributed by atoms with Crippen LogP contribution in [0.2, 0.25) is 0 Å². The Morgan fingerprint density at radius 3 is 1.61 bits per heavy atom. The molecule has 4 aromatic heterocycles. The first-order valence-electron chi connectivity index (χ1n) is 41.6. The largest absolute Gasteiger partial charge is 0.489 e. The minimum absolute atomic E-state index is 0.00845. The van der Waals surface area contributed by atoms with Crippen LogP contribution < -0.4 is 35.6 Å². The van der Waals surface area contributed by atoms with E-state index in [1.807, 2.05) is 163 Å². The zero-order chi connectivity index (χ0) is 86.8. The van der Waals surface area contributed by atoms with Crippen LogP contribution in [0.1, 0.15) is 164 Å². The van der Waals surface area contributed by atoms with E-state index in [1.165, 1.54) is 33.6 Å².